The van der Waals surface area contributed by atoms with E-state index in [4.69, 9.17) is 12.2 Å². The molecule has 1 aliphatic heterocycles. The number of hydrazone groups is 1. The van der Waals surface area contributed by atoms with Crippen molar-refractivity contribution >= 4 is 40.7 Å². The molecule has 0 bridgehead atoms. The molecule has 1 amide bonds. The van der Waals surface area contributed by atoms with Gasteiger partial charge >= 0.3 is 0 Å². The van der Waals surface area contributed by atoms with Crippen molar-refractivity contribution in [2.24, 2.45) is 5.10 Å². The van der Waals surface area contributed by atoms with E-state index in [1.807, 2.05) is 6.07 Å². The summed E-state index contributed by atoms with van der Waals surface area (Å²) in [6.45, 7) is 2.21. The van der Waals surface area contributed by atoms with Gasteiger partial charge in [-0.2, -0.15) is 5.10 Å². The van der Waals surface area contributed by atoms with Crippen molar-refractivity contribution < 1.29 is 4.79 Å². The zero-order valence-corrected chi connectivity index (χ0v) is 15.2. The van der Waals surface area contributed by atoms with Crippen LogP contribution in [0.2, 0.25) is 0 Å². The third-order valence-corrected chi connectivity index (χ3v) is 5.11. The van der Waals surface area contributed by atoms with Crippen LogP contribution in [-0.2, 0) is 11.2 Å². The first kappa shape index (κ1) is 17.6. The topological polar surface area (TPSA) is 93.3 Å². The summed E-state index contributed by atoms with van der Waals surface area (Å²) in [5.74, 6) is -0.319. The van der Waals surface area contributed by atoms with Crippen molar-refractivity contribution in [3.05, 3.63) is 43.9 Å². The summed E-state index contributed by atoms with van der Waals surface area (Å²) < 4.78 is 0.197. The number of hydrogen-bond acceptors (Lipinski definition) is 6. The van der Waals surface area contributed by atoms with Crippen LogP contribution in [0.5, 0.6) is 0 Å². The first-order chi connectivity index (χ1) is 12.1. The van der Waals surface area contributed by atoms with Gasteiger partial charge in [-0.25, -0.2) is 5.43 Å². The van der Waals surface area contributed by atoms with E-state index in [-0.39, 0.29) is 22.7 Å². The van der Waals surface area contributed by atoms with Gasteiger partial charge in [0.05, 0.1) is 17.6 Å². The summed E-state index contributed by atoms with van der Waals surface area (Å²) in [7, 11) is 0. The fourth-order valence-corrected chi connectivity index (χ4v) is 3.85. The predicted molar refractivity (Wildman–Crippen MR) is 102 cm³/mol. The highest BCUT2D eigenvalue weighted by molar-refractivity contribution is 7.71. The highest BCUT2D eigenvalue weighted by Gasteiger charge is 2.12. The Labute approximate surface area is 153 Å². The number of nitrogens with one attached hydrogen (secondary N) is 3. The summed E-state index contributed by atoms with van der Waals surface area (Å²) in [4.78, 5) is 31.8. The van der Waals surface area contributed by atoms with Crippen molar-refractivity contribution in [3.8, 4) is 0 Å². The predicted octanol–water partition coefficient (Wildman–Crippen LogP) is 2.18. The zero-order valence-electron chi connectivity index (χ0n) is 13.6. The van der Waals surface area contributed by atoms with E-state index in [1.54, 1.807) is 17.6 Å². The highest BCUT2D eigenvalue weighted by Crippen LogP contribution is 2.27. The molecular weight excluding hydrogens is 358 g/mol. The molecular formula is C16H19N5O2S2. The smallest absolute Gasteiger partial charge is 0.251 e. The van der Waals surface area contributed by atoms with Crippen molar-refractivity contribution in [2.45, 2.75) is 25.7 Å². The van der Waals surface area contributed by atoms with E-state index < -0.39 is 0 Å². The zero-order chi connectivity index (χ0) is 17.6. The summed E-state index contributed by atoms with van der Waals surface area (Å²) in [5, 5.41) is 5.22. The molecule has 1 fully saturated rings. The molecule has 0 atom stereocenters. The number of hydrogen-bond donors (Lipinski definition) is 3. The standard InChI is InChI=1S/C16H19N5O2S2/c22-13-8-11(18-16(24)19-13)9-14(23)20-17-10-12-4-5-15(25-12)21-6-2-1-3-7-21/h4-5,8,10H,1-3,6-7,9H2,(H,20,23)(H2,18,19,22,24)/b17-10-. The van der Waals surface area contributed by atoms with E-state index in [9.17, 15) is 9.59 Å². The Morgan fingerprint density at radius 1 is 1.32 bits per heavy atom. The average Bonchev–Trinajstić information content (AvgIpc) is 3.03. The number of piperidine rings is 1. The van der Waals surface area contributed by atoms with Crippen LogP contribution in [0.4, 0.5) is 5.00 Å². The maximum Gasteiger partial charge on any atom is 0.251 e. The van der Waals surface area contributed by atoms with Crippen LogP contribution >= 0.6 is 23.6 Å². The molecule has 0 radical (unpaired) electrons. The lowest BCUT2D eigenvalue weighted by Crippen LogP contribution is -2.28. The minimum atomic E-state index is -0.334. The van der Waals surface area contributed by atoms with Crippen molar-refractivity contribution in [1.82, 2.24) is 15.4 Å². The van der Waals surface area contributed by atoms with Gasteiger partial charge < -0.3 is 9.88 Å². The minimum absolute atomic E-state index is 0.00830. The third kappa shape index (κ3) is 5.10. The number of nitrogens with zero attached hydrogens (tertiary/aromatic N) is 2. The van der Waals surface area contributed by atoms with Crippen molar-refractivity contribution in [3.63, 3.8) is 0 Å². The largest absolute Gasteiger partial charge is 0.363 e. The molecule has 2 aromatic rings. The normalized spacial score (nSPS) is 14.8. The number of carbonyl (C=O) groups is 1. The van der Waals surface area contributed by atoms with Gasteiger partial charge in [-0.15, -0.1) is 11.3 Å². The summed E-state index contributed by atoms with van der Waals surface area (Å²) in [5.41, 5.74) is 2.58. The number of aromatic nitrogens is 2. The number of rotatable bonds is 5. The van der Waals surface area contributed by atoms with E-state index >= 15 is 0 Å². The molecule has 132 valence electrons. The van der Waals surface area contributed by atoms with Crippen LogP contribution in [0.1, 0.15) is 29.8 Å². The monoisotopic (exact) mass is 377 g/mol. The number of aromatic amines is 2. The molecule has 0 aromatic carbocycles. The molecule has 3 rings (SSSR count). The van der Waals surface area contributed by atoms with Crippen LogP contribution in [0.3, 0.4) is 0 Å². The van der Waals surface area contributed by atoms with Gasteiger partial charge in [-0.05, 0) is 43.6 Å². The Balaban J connectivity index is 1.54. The van der Waals surface area contributed by atoms with E-state index in [0.29, 0.717) is 5.69 Å². The van der Waals surface area contributed by atoms with Gasteiger partial charge in [-0.1, -0.05) is 0 Å². The van der Waals surface area contributed by atoms with Gasteiger partial charge in [0, 0.05) is 29.7 Å². The van der Waals surface area contributed by atoms with Crippen LogP contribution in [0.25, 0.3) is 0 Å². The van der Waals surface area contributed by atoms with Gasteiger partial charge in [0.1, 0.15) is 0 Å². The third-order valence-electron chi connectivity index (χ3n) is 3.83. The fraction of sp³-hybridized carbons (Fsp3) is 0.375. The van der Waals surface area contributed by atoms with Gasteiger partial charge in [0.15, 0.2) is 4.77 Å². The average molecular weight is 377 g/mol. The van der Waals surface area contributed by atoms with Crippen LogP contribution < -0.4 is 15.9 Å². The molecule has 0 spiro atoms. The van der Waals surface area contributed by atoms with E-state index in [2.05, 4.69) is 31.5 Å². The lowest BCUT2D eigenvalue weighted by atomic mass is 10.1. The molecule has 7 nitrogen and oxygen atoms in total. The quantitative estimate of drug-likeness (QED) is 0.423. The molecule has 2 aromatic heterocycles. The number of thiophene rings is 1. The Morgan fingerprint density at radius 2 is 2.12 bits per heavy atom. The summed E-state index contributed by atoms with van der Waals surface area (Å²) >= 11 is 6.53. The van der Waals surface area contributed by atoms with Gasteiger partial charge in [0.2, 0.25) is 5.91 Å². The molecule has 0 saturated carbocycles. The Kier molecular flexibility index (Phi) is 5.77. The Hall–Kier alpha value is -2.26. The number of anilines is 1. The number of H-pyrrole nitrogens is 2. The second-order valence-electron chi connectivity index (χ2n) is 5.81. The van der Waals surface area contributed by atoms with E-state index in [1.165, 1.54) is 30.3 Å². The van der Waals surface area contributed by atoms with Crippen LogP contribution in [-0.4, -0.2) is 35.2 Å². The minimum Gasteiger partial charge on any atom is -0.363 e. The fourth-order valence-electron chi connectivity index (χ4n) is 2.69. The number of carbonyl (C=O) groups excluding carboxylic acids is 1. The number of amides is 1. The molecule has 0 aliphatic carbocycles. The maximum absolute atomic E-state index is 11.9. The van der Waals surface area contributed by atoms with Gasteiger partial charge in [-0.3, -0.25) is 14.6 Å². The molecule has 25 heavy (non-hydrogen) atoms. The van der Waals surface area contributed by atoms with Crippen molar-refractivity contribution in [2.75, 3.05) is 18.0 Å². The summed E-state index contributed by atoms with van der Waals surface area (Å²) in [6, 6.07) is 5.40. The van der Waals surface area contributed by atoms with Crippen LogP contribution in [0, 0.1) is 4.77 Å². The maximum atomic E-state index is 11.9. The van der Waals surface area contributed by atoms with E-state index in [0.717, 1.165) is 18.0 Å². The second kappa shape index (κ2) is 8.21. The molecule has 1 aliphatic rings. The summed E-state index contributed by atoms with van der Waals surface area (Å²) in [6.07, 6.45) is 5.43. The Morgan fingerprint density at radius 3 is 2.88 bits per heavy atom. The molecule has 9 heteroatoms. The molecule has 0 unspecified atom stereocenters. The highest BCUT2D eigenvalue weighted by atomic mass is 32.1. The second-order valence-corrected chi connectivity index (χ2v) is 7.31. The Bertz CT molecular complexity index is 849. The lowest BCUT2D eigenvalue weighted by Gasteiger charge is -2.27. The van der Waals surface area contributed by atoms with Crippen LogP contribution in [0.15, 0.2) is 28.1 Å². The van der Waals surface area contributed by atoms with Crippen molar-refractivity contribution in [1.29, 1.82) is 0 Å². The first-order valence-corrected chi connectivity index (χ1v) is 9.32. The SMILES string of the molecule is O=C(Cc1cc(=O)[nH]c(=S)[nH]1)N/N=C\c1ccc(N2CCCCC2)s1. The molecule has 3 N–H and O–H groups in total. The van der Waals surface area contributed by atoms with Gasteiger partial charge in [0.25, 0.3) is 5.56 Å². The first-order valence-electron chi connectivity index (χ1n) is 8.09. The molecule has 3 heterocycles. The lowest BCUT2D eigenvalue weighted by molar-refractivity contribution is -0.120. The molecule has 1 saturated heterocycles.